The van der Waals surface area contributed by atoms with Crippen molar-refractivity contribution in [1.29, 1.82) is 0 Å². The van der Waals surface area contributed by atoms with Crippen LogP contribution in [-0.2, 0) is 11.8 Å². The number of aliphatic carboxylic acids is 1. The number of carboxylic acid groups (broad SMARTS) is 1. The van der Waals surface area contributed by atoms with Crippen LogP contribution in [0.25, 0.3) is 11.1 Å². The van der Waals surface area contributed by atoms with E-state index in [9.17, 15) is 23.8 Å². The summed E-state index contributed by atoms with van der Waals surface area (Å²) in [6, 6.07) is 8.66. The lowest BCUT2D eigenvalue weighted by molar-refractivity contribution is -0.137. The second kappa shape index (κ2) is 11.8. The van der Waals surface area contributed by atoms with Crippen molar-refractivity contribution in [2.24, 2.45) is 7.05 Å². The first kappa shape index (κ1) is 26.8. The van der Waals surface area contributed by atoms with Crippen LogP contribution in [0.2, 0.25) is 0 Å². The standard InChI is InChI=1S/C26H28F2N4O4/c1-15-12-17(27)4-8-21(15)25(22-9-5-18(28)13-16(22)2)23(26-29-30-31-32(26)3)10-6-19(33)14-20(34)7-11-24(35)36/h4-6,8-10,12-13,19-20,33-34H,7,11,14H2,1-3H3,(H,35,36). The molecule has 0 aliphatic heterocycles. The maximum atomic E-state index is 14.0. The summed E-state index contributed by atoms with van der Waals surface area (Å²) in [6.07, 6.45) is 0.648. The Bertz CT molecular complexity index is 1250. The SMILES string of the molecule is Cc1cc(F)ccc1C(=C(C=CC(O)CC(O)CCC(=O)O)c1nnnn1C)c1ccc(F)cc1C. The van der Waals surface area contributed by atoms with E-state index in [1.807, 2.05) is 0 Å². The maximum Gasteiger partial charge on any atom is 0.303 e. The van der Waals surface area contributed by atoms with E-state index in [0.29, 0.717) is 39.2 Å². The van der Waals surface area contributed by atoms with Gasteiger partial charge in [0.2, 0.25) is 0 Å². The molecule has 2 unspecified atom stereocenters. The van der Waals surface area contributed by atoms with Crippen LogP contribution in [0.15, 0.2) is 48.6 Å². The number of aromatic nitrogens is 4. The molecule has 36 heavy (non-hydrogen) atoms. The molecule has 190 valence electrons. The number of hydrogen-bond donors (Lipinski definition) is 3. The van der Waals surface area contributed by atoms with E-state index in [1.165, 1.54) is 35.0 Å². The number of tetrazole rings is 1. The predicted octanol–water partition coefficient (Wildman–Crippen LogP) is 3.60. The third kappa shape index (κ3) is 6.67. The number of allylic oxidation sites excluding steroid dienone is 2. The smallest absolute Gasteiger partial charge is 0.303 e. The lowest BCUT2D eigenvalue weighted by Crippen LogP contribution is -2.17. The second-order valence-electron chi connectivity index (χ2n) is 8.58. The van der Waals surface area contributed by atoms with Crippen molar-refractivity contribution in [3.63, 3.8) is 0 Å². The summed E-state index contributed by atoms with van der Waals surface area (Å²) in [4.78, 5) is 10.7. The van der Waals surface area contributed by atoms with E-state index in [1.54, 1.807) is 39.1 Å². The van der Waals surface area contributed by atoms with Crippen molar-refractivity contribution in [1.82, 2.24) is 20.2 Å². The fourth-order valence-electron chi connectivity index (χ4n) is 3.95. The Balaban J connectivity index is 2.18. The minimum atomic E-state index is -1.10. The van der Waals surface area contributed by atoms with Crippen LogP contribution in [0.3, 0.4) is 0 Å². The van der Waals surface area contributed by atoms with Crippen LogP contribution in [-0.4, -0.2) is 53.7 Å². The normalized spacial score (nSPS) is 13.1. The van der Waals surface area contributed by atoms with Gasteiger partial charge in [0.05, 0.1) is 12.2 Å². The molecule has 1 heterocycles. The zero-order valence-corrected chi connectivity index (χ0v) is 20.2. The Morgan fingerprint density at radius 3 is 2.11 bits per heavy atom. The first-order valence-corrected chi connectivity index (χ1v) is 11.3. The molecule has 2 aromatic carbocycles. The van der Waals surface area contributed by atoms with E-state index < -0.39 is 29.8 Å². The van der Waals surface area contributed by atoms with E-state index in [2.05, 4.69) is 15.5 Å². The summed E-state index contributed by atoms with van der Waals surface area (Å²) in [5.74, 6) is -1.51. The van der Waals surface area contributed by atoms with Crippen LogP contribution < -0.4 is 0 Å². The number of hydrogen-bond acceptors (Lipinski definition) is 6. The molecule has 0 amide bonds. The summed E-state index contributed by atoms with van der Waals surface area (Å²) >= 11 is 0. The second-order valence-corrected chi connectivity index (χ2v) is 8.58. The third-order valence-electron chi connectivity index (χ3n) is 5.74. The molecule has 0 radical (unpaired) electrons. The van der Waals surface area contributed by atoms with Gasteiger partial charge in [-0.3, -0.25) is 4.79 Å². The molecular weight excluding hydrogens is 470 g/mol. The highest BCUT2D eigenvalue weighted by molar-refractivity contribution is 6.02. The molecule has 0 bridgehead atoms. The average molecular weight is 499 g/mol. The Labute approximate surface area is 207 Å². The molecule has 1 aromatic heterocycles. The van der Waals surface area contributed by atoms with Crippen molar-refractivity contribution < 1.29 is 28.9 Å². The van der Waals surface area contributed by atoms with E-state index in [0.717, 1.165) is 0 Å². The van der Waals surface area contributed by atoms with Gasteiger partial charge in [0.25, 0.3) is 0 Å². The number of rotatable bonds is 10. The highest BCUT2D eigenvalue weighted by atomic mass is 19.1. The number of aliphatic hydroxyl groups is 2. The largest absolute Gasteiger partial charge is 0.481 e. The molecule has 0 saturated heterocycles. The van der Waals surface area contributed by atoms with Crippen LogP contribution in [0.5, 0.6) is 0 Å². The number of halogens is 2. The van der Waals surface area contributed by atoms with E-state index in [-0.39, 0.29) is 19.3 Å². The van der Waals surface area contributed by atoms with Crippen molar-refractivity contribution in [3.05, 3.63) is 88.3 Å². The molecule has 0 fully saturated rings. The number of aryl methyl sites for hydroxylation is 3. The Hall–Kier alpha value is -3.76. The van der Waals surface area contributed by atoms with Crippen LogP contribution >= 0.6 is 0 Å². The highest BCUT2D eigenvalue weighted by Gasteiger charge is 2.21. The molecule has 0 aliphatic rings. The molecule has 3 aromatic rings. The van der Waals surface area contributed by atoms with Gasteiger partial charge in [-0.25, -0.2) is 13.5 Å². The zero-order valence-electron chi connectivity index (χ0n) is 20.2. The minimum absolute atomic E-state index is 0.00490. The quantitative estimate of drug-likeness (QED) is 0.365. The number of carbonyl (C=O) groups is 1. The van der Waals surface area contributed by atoms with Gasteiger partial charge in [0, 0.05) is 31.0 Å². The van der Waals surface area contributed by atoms with E-state index in [4.69, 9.17) is 5.11 Å². The van der Waals surface area contributed by atoms with Gasteiger partial charge in [-0.1, -0.05) is 24.3 Å². The number of aliphatic hydroxyl groups excluding tert-OH is 2. The molecule has 2 atom stereocenters. The van der Waals surface area contributed by atoms with Gasteiger partial charge in [-0.05, 0) is 77.2 Å². The Morgan fingerprint density at radius 1 is 1.06 bits per heavy atom. The van der Waals surface area contributed by atoms with Crippen molar-refractivity contribution in [3.8, 4) is 0 Å². The molecule has 0 saturated carbocycles. The number of nitrogens with zero attached hydrogens (tertiary/aromatic N) is 4. The van der Waals surface area contributed by atoms with Crippen molar-refractivity contribution >= 4 is 17.1 Å². The Kier molecular flexibility index (Phi) is 8.78. The first-order chi connectivity index (χ1) is 17.1. The summed E-state index contributed by atoms with van der Waals surface area (Å²) in [6.45, 7) is 3.50. The van der Waals surface area contributed by atoms with Crippen LogP contribution in [0.1, 0.15) is 47.3 Å². The lowest BCUT2D eigenvalue weighted by atomic mass is 9.87. The molecule has 3 rings (SSSR count). The fraction of sp³-hybridized carbons (Fsp3) is 0.308. The predicted molar refractivity (Wildman–Crippen MR) is 130 cm³/mol. The van der Waals surface area contributed by atoms with Crippen molar-refractivity contribution in [2.45, 2.75) is 45.3 Å². The molecular formula is C26H28F2N4O4. The minimum Gasteiger partial charge on any atom is -0.481 e. The molecule has 3 N–H and O–H groups in total. The van der Waals surface area contributed by atoms with Gasteiger partial charge < -0.3 is 15.3 Å². The summed E-state index contributed by atoms with van der Waals surface area (Å²) < 4.78 is 29.4. The van der Waals surface area contributed by atoms with Gasteiger partial charge in [-0.2, -0.15) is 0 Å². The number of benzene rings is 2. The average Bonchev–Trinajstić information content (AvgIpc) is 3.22. The zero-order chi connectivity index (χ0) is 26.4. The maximum absolute atomic E-state index is 14.0. The summed E-state index contributed by atoms with van der Waals surface area (Å²) in [5.41, 5.74) is 3.64. The van der Waals surface area contributed by atoms with Crippen LogP contribution in [0.4, 0.5) is 8.78 Å². The number of carboxylic acids is 1. The van der Waals surface area contributed by atoms with Gasteiger partial charge >= 0.3 is 5.97 Å². The van der Waals surface area contributed by atoms with Gasteiger partial charge in [-0.15, -0.1) is 5.10 Å². The highest BCUT2D eigenvalue weighted by Crippen LogP contribution is 2.36. The van der Waals surface area contributed by atoms with Crippen LogP contribution in [0, 0.1) is 25.5 Å². The molecule has 10 heteroatoms. The Morgan fingerprint density at radius 2 is 1.64 bits per heavy atom. The summed E-state index contributed by atoms with van der Waals surface area (Å²) in [5, 5.41) is 41.1. The van der Waals surface area contributed by atoms with Crippen molar-refractivity contribution in [2.75, 3.05) is 0 Å². The van der Waals surface area contributed by atoms with Gasteiger partial charge in [0.1, 0.15) is 11.6 Å². The molecule has 0 aliphatic carbocycles. The van der Waals surface area contributed by atoms with Gasteiger partial charge in [0.15, 0.2) is 5.82 Å². The molecule has 0 spiro atoms. The monoisotopic (exact) mass is 498 g/mol. The topological polar surface area (TPSA) is 121 Å². The lowest BCUT2D eigenvalue weighted by Gasteiger charge is -2.18. The van der Waals surface area contributed by atoms with E-state index >= 15 is 0 Å². The molecule has 8 nitrogen and oxygen atoms in total. The fourth-order valence-corrected chi connectivity index (χ4v) is 3.95. The third-order valence-corrected chi connectivity index (χ3v) is 5.74. The summed E-state index contributed by atoms with van der Waals surface area (Å²) in [7, 11) is 1.64. The first-order valence-electron chi connectivity index (χ1n) is 11.3.